The van der Waals surface area contributed by atoms with Crippen LogP contribution in [0.5, 0.6) is 0 Å². The van der Waals surface area contributed by atoms with E-state index in [4.69, 9.17) is 0 Å². The summed E-state index contributed by atoms with van der Waals surface area (Å²) >= 11 is 3.29. The van der Waals surface area contributed by atoms with Crippen LogP contribution < -0.4 is 5.32 Å². The molecule has 1 aromatic carbocycles. The smallest absolute Gasteiger partial charge is 0.274 e. The molecule has 0 aromatic heterocycles. The van der Waals surface area contributed by atoms with E-state index in [2.05, 4.69) is 35.1 Å². The van der Waals surface area contributed by atoms with Crippen LogP contribution in [0.15, 0.2) is 22.7 Å². The van der Waals surface area contributed by atoms with Gasteiger partial charge in [-0.1, -0.05) is 35.8 Å². The highest BCUT2D eigenvalue weighted by atomic mass is 79.9. The first-order valence-electron chi connectivity index (χ1n) is 6.63. The van der Waals surface area contributed by atoms with E-state index in [0.29, 0.717) is 17.8 Å². The fourth-order valence-corrected chi connectivity index (χ4v) is 2.75. The molecule has 1 fully saturated rings. The number of hydrogen-bond acceptors (Lipinski definition) is 3. The minimum absolute atomic E-state index is 0.241. The van der Waals surface area contributed by atoms with Crippen molar-refractivity contribution in [3.05, 3.63) is 38.3 Å². The number of nitro benzene ring substituents is 1. The molecule has 0 aliphatic heterocycles. The Hall–Kier alpha value is -0.940. The van der Waals surface area contributed by atoms with E-state index in [-0.39, 0.29) is 10.6 Å². The average Bonchev–Trinajstić information content (AvgIpc) is 3.07. The third-order valence-electron chi connectivity index (χ3n) is 3.47. The largest absolute Gasteiger partial charge is 0.316 e. The van der Waals surface area contributed by atoms with Crippen molar-refractivity contribution in [3.8, 4) is 0 Å². The minimum Gasteiger partial charge on any atom is -0.316 e. The predicted octanol–water partition coefficient (Wildman–Crippen LogP) is 3.71. The molecule has 19 heavy (non-hydrogen) atoms. The van der Waals surface area contributed by atoms with Gasteiger partial charge in [0, 0.05) is 16.1 Å². The van der Waals surface area contributed by atoms with Gasteiger partial charge in [-0.25, -0.2) is 0 Å². The molecule has 0 saturated heterocycles. The maximum atomic E-state index is 11.1. The summed E-state index contributed by atoms with van der Waals surface area (Å²) < 4.78 is 0.762. The molecule has 0 bridgehead atoms. The maximum Gasteiger partial charge on any atom is 0.274 e. The normalized spacial score (nSPS) is 21.7. The molecule has 0 spiro atoms. The summed E-state index contributed by atoms with van der Waals surface area (Å²) in [4.78, 5) is 10.8. The van der Waals surface area contributed by atoms with E-state index in [1.807, 2.05) is 12.1 Å². The van der Waals surface area contributed by atoms with Gasteiger partial charge in [0.05, 0.1) is 4.92 Å². The predicted molar refractivity (Wildman–Crippen MR) is 79.4 cm³/mol. The van der Waals surface area contributed by atoms with E-state index in [1.165, 1.54) is 0 Å². The molecule has 0 heterocycles. The molecule has 2 unspecified atom stereocenters. The summed E-state index contributed by atoms with van der Waals surface area (Å²) in [5.41, 5.74) is 1.12. The van der Waals surface area contributed by atoms with Crippen molar-refractivity contribution in [1.82, 2.24) is 5.32 Å². The van der Waals surface area contributed by atoms with Crippen molar-refractivity contribution in [1.29, 1.82) is 0 Å². The Bertz CT molecular complexity index is 477. The van der Waals surface area contributed by atoms with Crippen LogP contribution >= 0.6 is 15.9 Å². The summed E-state index contributed by atoms with van der Waals surface area (Å²) in [5, 5.41) is 14.5. The topological polar surface area (TPSA) is 55.2 Å². The summed E-state index contributed by atoms with van der Waals surface area (Å²) in [7, 11) is 0. The van der Waals surface area contributed by atoms with Crippen LogP contribution in [0.1, 0.15) is 31.7 Å². The Morgan fingerprint density at radius 2 is 2.26 bits per heavy atom. The van der Waals surface area contributed by atoms with Crippen molar-refractivity contribution in [2.75, 3.05) is 13.1 Å². The van der Waals surface area contributed by atoms with E-state index in [0.717, 1.165) is 29.5 Å². The van der Waals surface area contributed by atoms with Crippen LogP contribution in [0.25, 0.3) is 0 Å². The fraction of sp³-hybridized carbons (Fsp3) is 0.571. The summed E-state index contributed by atoms with van der Waals surface area (Å²) in [6.07, 6.45) is 1.05. The van der Waals surface area contributed by atoms with Crippen molar-refractivity contribution in [3.63, 3.8) is 0 Å². The number of rotatable bonds is 6. The highest BCUT2D eigenvalue weighted by molar-refractivity contribution is 9.10. The fourth-order valence-electron chi connectivity index (χ4n) is 2.40. The molecular weight excluding hydrogens is 308 g/mol. The molecule has 5 heteroatoms. The van der Waals surface area contributed by atoms with Gasteiger partial charge in [0.2, 0.25) is 0 Å². The first kappa shape index (κ1) is 14.5. The van der Waals surface area contributed by atoms with Crippen LogP contribution in [0.4, 0.5) is 5.69 Å². The molecular formula is C14H19BrN2O2. The summed E-state index contributed by atoms with van der Waals surface area (Å²) in [6, 6.07) is 5.38. The van der Waals surface area contributed by atoms with Gasteiger partial charge in [-0.3, -0.25) is 10.1 Å². The van der Waals surface area contributed by atoms with Gasteiger partial charge in [-0.2, -0.15) is 0 Å². The van der Waals surface area contributed by atoms with E-state index >= 15 is 0 Å². The van der Waals surface area contributed by atoms with Crippen molar-refractivity contribution >= 4 is 21.6 Å². The number of benzene rings is 1. The van der Waals surface area contributed by atoms with Crippen LogP contribution in [0.3, 0.4) is 0 Å². The highest BCUT2D eigenvalue weighted by Gasteiger charge is 2.41. The van der Waals surface area contributed by atoms with Crippen LogP contribution in [0, 0.1) is 22.0 Å². The van der Waals surface area contributed by atoms with Crippen LogP contribution in [0.2, 0.25) is 0 Å². The number of nitrogens with one attached hydrogen (secondary N) is 1. The quantitative estimate of drug-likeness (QED) is 0.640. The molecule has 0 radical (unpaired) electrons. The zero-order chi connectivity index (χ0) is 14.0. The first-order chi connectivity index (χ1) is 8.99. The van der Waals surface area contributed by atoms with E-state index < -0.39 is 0 Å². The van der Waals surface area contributed by atoms with E-state index in [9.17, 15) is 10.1 Å². The molecule has 1 aromatic rings. The molecule has 4 nitrogen and oxygen atoms in total. The third kappa shape index (κ3) is 3.76. The molecule has 2 rings (SSSR count). The lowest BCUT2D eigenvalue weighted by Crippen LogP contribution is -2.22. The molecule has 1 saturated carbocycles. The first-order valence-corrected chi connectivity index (χ1v) is 7.43. The van der Waals surface area contributed by atoms with Gasteiger partial charge in [-0.15, -0.1) is 0 Å². The monoisotopic (exact) mass is 326 g/mol. The van der Waals surface area contributed by atoms with Gasteiger partial charge in [-0.05, 0) is 43.3 Å². The zero-order valence-corrected chi connectivity index (χ0v) is 12.8. The number of halogens is 1. The maximum absolute atomic E-state index is 11.1. The molecule has 1 N–H and O–H groups in total. The van der Waals surface area contributed by atoms with Gasteiger partial charge in [0.1, 0.15) is 0 Å². The van der Waals surface area contributed by atoms with Crippen molar-refractivity contribution in [2.24, 2.45) is 11.8 Å². The summed E-state index contributed by atoms with van der Waals surface area (Å²) in [5.74, 6) is 1.52. The Kier molecular flexibility index (Phi) is 4.58. The third-order valence-corrected chi connectivity index (χ3v) is 3.96. The van der Waals surface area contributed by atoms with E-state index in [1.54, 1.807) is 6.07 Å². The molecule has 1 aliphatic rings. The second kappa shape index (κ2) is 6.01. The van der Waals surface area contributed by atoms with Crippen molar-refractivity contribution < 1.29 is 4.92 Å². The Balaban J connectivity index is 1.99. The standard InChI is InChI=1S/C14H19BrN2O2/c1-9(2)7-16-8-10-5-13(10)12-4-3-11(15)6-14(12)17(18)19/h3-4,6,9-10,13,16H,5,7-8H2,1-2H3. The number of nitrogens with zero attached hydrogens (tertiary/aromatic N) is 1. The SMILES string of the molecule is CC(C)CNCC1CC1c1ccc(Br)cc1[N+](=O)[O-]. The van der Waals surface area contributed by atoms with Gasteiger partial charge in [0.25, 0.3) is 5.69 Å². The average molecular weight is 327 g/mol. The lowest BCUT2D eigenvalue weighted by Gasteiger charge is -2.07. The summed E-state index contributed by atoms with van der Waals surface area (Å²) in [6.45, 7) is 6.32. The number of nitro groups is 1. The minimum atomic E-state index is -0.281. The number of hydrogen-bond donors (Lipinski definition) is 1. The highest BCUT2D eigenvalue weighted by Crippen LogP contribution is 2.50. The Morgan fingerprint density at radius 1 is 1.53 bits per heavy atom. The second-order valence-electron chi connectivity index (χ2n) is 5.61. The zero-order valence-electron chi connectivity index (χ0n) is 11.2. The molecule has 0 amide bonds. The van der Waals surface area contributed by atoms with Gasteiger partial charge in [0.15, 0.2) is 0 Å². The van der Waals surface area contributed by atoms with Crippen molar-refractivity contribution in [2.45, 2.75) is 26.2 Å². The molecule has 2 atom stereocenters. The van der Waals surface area contributed by atoms with Gasteiger partial charge >= 0.3 is 0 Å². The second-order valence-corrected chi connectivity index (χ2v) is 6.53. The Morgan fingerprint density at radius 3 is 2.89 bits per heavy atom. The van der Waals surface area contributed by atoms with Crippen LogP contribution in [-0.2, 0) is 0 Å². The molecule has 1 aliphatic carbocycles. The lowest BCUT2D eigenvalue weighted by atomic mass is 10.1. The molecule has 104 valence electrons. The van der Waals surface area contributed by atoms with Crippen LogP contribution in [-0.4, -0.2) is 18.0 Å². The Labute approximate surface area is 121 Å². The lowest BCUT2D eigenvalue weighted by molar-refractivity contribution is -0.385. The van der Waals surface area contributed by atoms with Gasteiger partial charge < -0.3 is 5.32 Å².